The van der Waals surface area contributed by atoms with Gasteiger partial charge in [-0.3, -0.25) is 4.79 Å². The Morgan fingerprint density at radius 2 is 1.77 bits per heavy atom. The van der Waals surface area contributed by atoms with Crippen molar-refractivity contribution in [3.63, 3.8) is 0 Å². The summed E-state index contributed by atoms with van der Waals surface area (Å²) in [7, 11) is 0. The number of nitrogens with zero attached hydrogens (tertiary/aromatic N) is 2. The second kappa shape index (κ2) is 9.98. The predicted octanol–water partition coefficient (Wildman–Crippen LogP) is 4.06. The van der Waals surface area contributed by atoms with Crippen LogP contribution < -0.4 is 10.2 Å². The first-order valence-electron chi connectivity index (χ1n) is 10.4. The van der Waals surface area contributed by atoms with Crippen molar-refractivity contribution < 1.29 is 18.0 Å². The number of nitrogens with one attached hydrogen (secondary N) is 1. The summed E-state index contributed by atoms with van der Waals surface area (Å²) in [5.41, 5.74) is 2.22. The molecule has 162 valence electrons. The lowest BCUT2D eigenvalue weighted by molar-refractivity contribution is -0.121. The topological polar surface area (TPSA) is 35.6 Å². The third kappa shape index (κ3) is 5.53. The SMILES string of the molecule is CCN1CCN(c2ccc(F)cc2C(C)NC(=O)CCc2ccc(F)c(F)c2)CC1. The van der Waals surface area contributed by atoms with Crippen molar-refractivity contribution in [1.29, 1.82) is 0 Å². The van der Waals surface area contributed by atoms with Crippen LogP contribution >= 0.6 is 0 Å². The second-order valence-electron chi connectivity index (χ2n) is 7.66. The average molecular weight is 419 g/mol. The first kappa shape index (κ1) is 22.2. The van der Waals surface area contributed by atoms with Crippen molar-refractivity contribution in [2.75, 3.05) is 37.6 Å². The van der Waals surface area contributed by atoms with Crippen LogP contribution in [0.1, 0.15) is 37.4 Å². The third-order valence-electron chi connectivity index (χ3n) is 5.62. The van der Waals surface area contributed by atoms with E-state index in [2.05, 4.69) is 22.0 Å². The molecule has 0 saturated carbocycles. The molecule has 7 heteroatoms. The number of halogens is 3. The normalized spacial score (nSPS) is 15.8. The van der Waals surface area contributed by atoms with Gasteiger partial charge >= 0.3 is 0 Å². The molecule has 1 saturated heterocycles. The predicted molar refractivity (Wildman–Crippen MR) is 112 cm³/mol. The van der Waals surface area contributed by atoms with Gasteiger partial charge in [-0.05, 0) is 55.8 Å². The van der Waals surface area contributed by atoms with Gasteiger partial charge in [0.1, 0.15) is 5.82 Å². The summed E-state index contributed by atoms with van der Waals surface area (Å²) in [5.74, 6) is -2.40. The van der Waals surface area contributed by atoms with Crippen LogP contribution in [0.25, 0.3) is 0 Å². The molecule has 4 nitrogen and oxygen atoms in total. The van der Waals surface area contributed by atoms with E-state index in [9.17, 15) is 18.0 Å². The molecule has 1 aliphatic rings. The van der Waals surface area contributed by atoms with Gasteiger partial charge in [0, 0.05) is 43.9 Å². The molecule has 30 heavy (non-hydrogen) atoms. The fourth-order valence-corrected chi connectivity index (χ4v) is 3.81. The number of hydrogen-bond acceptors (Lipinski definition) is 3. The number of hydrogen-bond donors (Lipinski definition) is 1. The summed E-state index contributed by atoms with van der Waals surface area (Å²) in [5, 5.41) is 2.91. The lowest BCUT2D eigenvalue weighted by Gasteiger charge is -2.37. The molecule has 3 rings (SSSR count). The van der Waals surface area contributed by atoms with Gasteiger partial charge < -0.3 is 15.1 Å². The molecule has 0 aliphatic carbocycles. The fraction of sp³-hybridized carbons (Fsp3) is 0.435. The Morgan fingerprint density at radius 1 is 1.03 bits per heavy atom. The van der Waals surface area contributed by atoms with Crippen molar-refractivity contribution in [3.05, 3.63) is 65.0 Å². The Labute approximate surface area is 175 Å². The summed E-state index contributed by atoms with van der Waals surface area (Å²) >= 11 is 0. The standard InChI is InChI=1S/C23H28F3N3O/c1-3-28-10-12-29(13-11-28)22-8-6-18(24)15-19(22)16(2)27-23(30)9-5-17-4-7-20(25)21(26)14-17/h4,6-8,14-16H,3,5,9-13H2,1-2H3,(H,27,30). The summed E-state index contributed by atoms with van der Waals surface area (Å²) in [6.07, 6.45) is 0.431. The van der Waals surface area contributed by atoms with Crippen molar-refractivity contribution in [1.82, 2.24) is 10.2 Å². The highest BCUT2D eigenvalue weighted by Gasteiger charge is 2.21. The average Bonchev–Trinajstić information content (AvgIpc) is 2.74. The Balaban J connectivity index is 1.64. The molecule has 1 fully saturated rings. The molecule has 1 atom stereocenters. The van der Waals surface area contributed by atoms with E-state index in [0.717, 1.165) is 56.1 Å². The maximum atomic E-state index is 14.0. The molecule has 1 aliphatic heterocycles. The molecule has 0 spiro atoms. The van der Waals surface area contributed by atoms with E-state index in [1.807, 2.05) is 6.92 Å². The van der Waals surface area contributed by atoms with Gasteiger partial charge in [-0.1, -0.05) is 13.0 Å². The molecule has 1 amide bonds. The second-order valence-corrected chi connectivity index (χ2v) is 7.66. The highest BCUT2D eigenvalue weighted by atomic mass is 19.2. The van der Waals surface area contributed by atoms with Crippen LogP contribution in [0.4, 0.5) is 18.9 Å². The number of piperazine rings is 1. The first-order chi connectivity index (χ1) is 14.4. The summed E-state index contributed by atoms with van der Waals surface area (Å²) in [4.78, 5) is 17.0. The van der Waals surface area contributed by atoms with Crippen molar-refractivity contribution in [2.45, 2.75) is 32.7 Å². The van der Waals surface area contributed by atoms with Crippen LogP contribution in [0.3, 0.4) is 0 Å². The molecule has 2 aromatic carbocycles. The van der Waals surface area contributed by atoms with E-state index < -0.39 is 11.6 Å². The Hall–Kier alpha value is -2.54. The zero-order chi connectivity index (χ0) is 21.7. The van der Waals surface area contributed by atoms with Crippen LogP contribution in [0.2, 0.25) is 0 Å². The van der Waals surface area contributed by atoms with Crippen LogP contribution in [0, 0.1) is 17.5 Å². The zero-order valence-electron chi connectivity index (χ0n) is 17.4. The van der Waals surface area contributed by atoms with Crippen molar-refractivity contribution >= 4 is 11.6 Å². The number of carbonyl (C=O) groups excluding carboxylic acids is 1. The maximum Gasteiger partial charge on any atom is 0.220 e. The molecule has 0 radical (unpaired) electrons. The number of rotatable bonds is 7. The number of amides is 1. The van der Waals surface area contributed by atoms with E-state index >= 15 is 0 Å². The van der Waals surface area contributed by atoms with Gasteiger partial charge in [-0.2, -0.15) is 0 Å². The molecule has 0 bridgehead atoms. The lowest BCUT2D eigenvalue weighted by Crippen LogP contribution is -2.46. The van der Waals surface area contributed by atoms with Gasteiger partial charge in [-0.25, -0.2) is 13.2 Å². The Bertz CT molecular complexity index is 882. The van der Waals surface area contributed by atoms with E-state index in [1.165, 1.54) is 18.2 Å². The smallest absolute Gasteiger partial charge is 0.220 e. The van der Waals surface area contributed by atoms with Crippen LogP contribution in [-0.2, 0) is 11.2 Å². The third-order valence-corrected chi connectivity index (χ3v) is 5.62. The van der Waals surface area contributed by atoms with E-state index in [0.29, 0.717) is 12.0 Å². The number of anilines is 1. The minimum absolute atomic E-state index is 0.134. The van der Waals surface area contributed by atoms with Gasteiger partial charge in [0.2, 0.25) is 5.91 Å². The van der Waals surface area contributed by atoms with E-state index in [-0.39, 0.29) is 24.2 Å². The van der Waals surface area contributed by atoms with Gasteiger partial charge in [0.05, 0.1) is 6.04 Å². The van der Waals surface area contributed by atoms with Gasteiger partial charge in [-0.15, -0.1) is 0 Å². The monoisotopic (exact) mass is 419 g/mol. The molecular weight excluding hydrogens is 391 g/mol. The van der Waals surface area contributed by atoms with E-state index in [4.69, 9.17) is 0 Å². The molecule has 1 heterocycles. The lowest BCUT2D eigenvalue weighted by atomic mass is 10.0. The van der Waals surface area contributed by atoms with Crippen molar-refractivity contribution in [2.24, 2.45) is 0 Å². The largest absolute Gasteiger partial charge is 0.369 e. The summed E-state index contributed by atoms with van der Waals surface area (Å²) in [6.45, 7) is 8.57. The van der Waals surface area contributed by atoms with Crippen molar-refractivity contribution in [3.8, 4) is 0 Å². The highest BCUT2D eigenvalue weighted by molar-refractivity contribution is 5.77. The number of carbonyl (C=O) groups is 1. The fourth-order valence-electron chi connectivity index (χ4n) is 3.81. The minimum atomic E-state index is -0.922. The minimum Gasteiger partial charge on any atom is -0.369 e. The maximum absolute atomic E-state index is 14.0. The van der Waals surface area contributed by atoms with E-state index in [1.54, 1.807) is 6.07 Å². The zero-order valence-corrected chi connectivity index (χ0v) is 17.4. The molecule has 1 unspecified atom stereocenters. The quantitative estimate of drug-likeness (QED) is 0.735. The van der Waals surface area contributed by atoms with Gasteiger partial charge in [0.25, 0.3) is 0 Å². The summed E-state index contributed by atoms with van der Waals surface area (Å²) < 4.78 is 40.3. The molecular formula is C23H28F3N3O. The summed E-state index contributed by atoms with van der Waals surface area (Å²) in [6, 6.07) is 7.95. The van der Waals surface area contributed by atoms with Crippen LogP contribution in [0.5, 0.6) is 0 Å². The number of likely N-dealkylation sites (N-methyl/N-ethyl adjacent to an activating group) is 1. The Kier molecular flexibility index (Phi) is 7.37. The van der Waals surface area contributed by atoms with Crippen LogP contribution in [0.15, 0.2) is 36.4 Å². The molecule has 2 aromatic rings. The Morgan fingerprint density at radius 3 is 2.43 bits per heavy atom. The number of aryl methyl sites for hydroxylation is 1. The first-order valence-corrected chi connectivity index (χ1v) is 10.4. The molecule has 0 aromatic heterocycles. The molecule has 1 N–H and O–H groups in total. The van der Waals surface area contributed by atoms with Gasteiger partial charge in [0.15, 0.2) is 11.6 Å². The number of benzene rings is 2. The van der Waals surface area contributed by atoms with Crippen LogP contribution in [-0.4, -0.2) is 43.5 Å². The highest BCUT2D eigenvalue weighted by Crippen LogP contribution is 2.28.